The van der Waals surface area contributed by atoms with Crippen molar-refractivity contribution in [3.05, 3.63) is 182 Å². The molecule has 8 aromatic carbocycles. The third-order valence-electron chi connectivity index (χ3n) is 10.3. The van der Waals surface area contributed by atoms with Gasteiger partial charge in [0.2, 0.25) is 5.89 Å². The van der Waals surface area contributed by atoms with Crippen molar-refractivity contribution in [1.29, 1.82) is 0 Å². The minimum Gasteiger partial charge on any atom is -0.456 e. The van der Waals surface area contributed by atoms with Gasteiger partial charge >= 0.3 is 0 Å². The highest BCUT2D eigenvalue weighted by molar-refractivity contribution is 7.25. The van der Waals surface area contributed by atoms with Crippen molar-refractivity contribution >= 4 is 81.6 Å². The number of nitrogens with zero attached hydrogens (tertiary/aromatic N) is 2. The summed E-state index contributed by atoms with van der Waals surface area (Å²) in [6.45, 7) is 0. The Kier molecular flexibility index (Phi) is 7.00. The number of oxazole rings is 1. The van der Waals surface area contributed by atoms with E-state index >= 15 is 0 Å². The van der Waals surface area contributed by atoms with Gasteiger partial charge in [-0.1, -0.05) is 103 Å². The van der Waals surface area contributed by atoms with Crippen molar-refractivity contribution in [3.8, 4) is 33.7 Å². The van der Waals surface area contributed by atoms with E-state index in [0.29, 0.717) is 5.89 Å². The number of thiophene rings is 1. The second-order valence-electron chi connectivity index (χ2n) is 13.6. The fraction of sp³-hybridized carbons (Fsp3) is 0. The molecule has 254 valence electrons. The molecule has 11 rings (SSSR count). The van der Waals surface area contributed by atoms with Crippen molar-refractivity contribution in [2.45, 2.75) is 0 Å². The van der Waals surface area contributed by atoms with Crippen LogP contribution in [0.2, 0.25) is 0 Å². The number of benzene rings is 8. The highest BCUT2D eigenvalue weighted by atomic mass is 32.1. The molecule has 54 heavy (non-hydrogen) atoms. The Hall–Kier alpha value is -6.95. The lowest BCUT2D eigenvalue weighted by molar-refractivity contribution is 0.620. The molecule has 0 saturated heterocycles. The van der Waals surface area contributed by atoms with Crippen LogP contribution in [0, 0.1) is 0 Å². The predicted molar refractivity (Wildman–Crippen MR) is 225 cm³/mol. The van der Waals surface area contributed by atoms with E-state index in [4.69, 9.17) is 13.8 Å². The quantitative estimate of drug-likeness (QED) is 0.172. The summed E-state index contributed by atoms with van der Waals surface area (Å²) in [4.78, 5) is 7.11. The van der Waals surface area contributed by atoms with Gasteiger partial charge in [0.15, 0.2) is 5.58 Å². The Balaban J connectivity index is 0.974. The smallest absolute Gasteiger partial charge is 0.227 e. The van der Waals surface area contributed by atoms with Gasteiger partial charge in [-0.25, -0.2) is 4.98 Å². The maximum Gasteiger partial charge on any atom is 0.227 e. The van der Waals surface area contributed by atoms with Gasteiger partial charge in [-0.05, 0) is 95.1 Å². The maximum atomic E-state index is 6.43. The summed E-state index contributed by atoms with van der Waals surface area (Å²) in [7, 11) is 0. The lowest BCUT2D eigenvalue weighted by Gasteiger charge is -2.26. The van der Waals surface area contributed by atoms with Crippen LogP contribution in [0.25, 0.3) is 86.9 Å². The summed E-state index contributed by atoms with van der Waals surface area (Å²) in [5, 5.41) is 4.65. The molecule has 11 aromatic rings. The van der Waals surface area contributed by atoms with E-state index in [1.165, 1.54) is 31.3 Å². The molecular weight excluding hydrogens is 681 g/mol. The van der Waals surface area contributed by atoms with Crippen LogP contribution in [-0.2, 0) is 0 Å². The minimum atomic E-state index is 0.608. The predicted octanol–water partition coefficient (Wildman–Crippen LogP) is 14.6. The Labute approximate surface area is 314 Å². The summed E-state index contributed by atoms with van der Waals surface area (Å²) in [5.41, 5.74) is 12.0. The van der Waals surface area contributed by atoms with Gasteiger partial charge in [0, 0.05) is 59.6 Å². The first kappa shape index (κ1) is 30.7. The molecule has 4 nitrogen and oxygen atoms in total. The summed E-state index contributed by atoms with van der Waals surface area (Å²) in [6.07, 6.45) is 0. The molecule has 3 aromatic heterocycles. The molecule has 5 heteroatoms. The van der Waals surface area contributed by atoms with Crippen LogP contribution in [0.1, 0.15) is 0 Å². The van der Waals surface area contributed by atoms with Crippen molar-refractivity contribution in [2.24, 2.45) is 0 Å². The van der Waals surface area contributed by atoms with Crippen LogP contribution < -0.4 is 4.90 Å². The molecule has 0 aliphatic heterocycles. The summed E-state index contributed by atoms with van der Waals surface area (Å²) in [5.74, 6) is 0.608. The van der Waals surface area contributed by atoms with Crippen LogP contribution in [0.3, 0.4) is 0 Å². The Morgan fingerprint density at radius 3 is 1.85 bits per heavy atom. The highest BCUT2D eigenvalue weighted by Crippen LogP contribution is 2.42. The molecule has 0 spiro atoms. The van der Waals surface area contributed by atoms with Crippen molar-refractivity contribution in [1.82, 2.24) is 4.98 Å². The van der Waals surface area contributed by atoms with Gasteiger partial charge in [-0.3, -0.25) is 0 Å². The molecule has 0 bridgehead atoms. The van der Waals surface area contributed by atoms with E-state index in [1.807, 2.05) is 53.8 Å². The first-order chi connectivity index (χ1) is 26.7. The van der Waals surface area contributed by atoms with Crippen molar-refractivity contribution in [2.75, 3.05) is 4.90 Å². The van der Waals surface area contributed by atoms with Crippen LogP contribution in [0.15, 0.2) is 191 Å². The SMILES string of the molecule is c1ccc(-c2cccc(N(c3ccc(-c4ccc5c(c4)oc4cc6nc(-c7ccccc7)oc6cc45)cc3)c3ccc4c(c3)sc3ccccc34)c2)cc1. The van der Waals surface area contributed by atoms with E-state index in [0.717, 1.165) is 66.8 Å². The normalized spacial score (nSPS) is 11.7. The largest absolute Gasteiger partial charge is 0.456 e. The van der Waals surface area contributed by atoms with Crippen LogP contribution in [0.4, 0.5) is 17.1 Å². The summed E-state index contributed by atoms with van der Waals surface area (Å²) < 4.78 is 15.2. The number of hydrogen-bond donors (Lipinski definition) is 0. The van der Waals surface area contributed by atoms with Gasteiger partial charge < -0.3 is 13.7 Å². The zero-order valence-corrected chi connectivity index (χ0v) is 29.8. The molecule has 0 aliphatic carbocycles. The molecule has 0 aliphatic rings. The molecule has 0 N–H and O–H groups in total. The fourth-order valence-electron chi connectivity index (χ4n) is 7.64. The lowest BCUT2D eigenvalue weighted by atomic mass is 10.0. The van der Waals surface area contributed by atoms with E-state index < -0.39 is 0 Å². The molecule has 0 amide bonds. The van der Waals surface area contributed by atoms with E-state index in [9.17, 15) is 0 Å². The van der Waals surface area contributed by atoms with Crippen molar-refractivity contribution in [3.63, 3.8) is 0 Å². The molecule has 0 atom stereocenters. The Bertz CT molecular complexity index is 3160. The monoisotopic (exact) mass is 710 g/mol. The van der Waals surface area contributed by atoms with Crippen LogP contribution in [0.5, 0.6) is 0 Å². The second kappa shape index (κ2) is 12.3. The maximum absolute atomic E-state index is 6.43. The van der Waals surface area contributed by atoms with E-state index in [1.54, 1.807) is 0 Å². The number of aromatic nitrogens is 1. The van der Waals surface area contributed by atoms with E-state index in [2.05, 4.69) is 144 Å². The number of rotatable bonds is 6. The van der Waals surface area contributed by atoms with Crippen molar-refractivity contribution < 1.29 is 8.83 Å². The van der Waals surface area contributed by atoms with E-state index in [-0.39, 0.29) is 0 Å². The van der Waals surface area contributed by atoms with Gasteiger partial charge in [0.05, 0.1) is 0 Å². The lowest BCUT2D eigenvalue weighted by Crippen LogP contribution is -2.09. The first-order valence-electron chi connectivity index (χ1n) is 18.0. The van der Waals surface area contributed by atoms with Crippen LogP contribution >= 0.6 is 11.3 Å². The number of hydrogen-bond acceptors (Lipinski definition) is 5. The third-order valence-corrected chi connectivity index (χ3v) is 11.4. The minimum absolute atomic E-state index is 0.608. The van der Waals surface area contributed by atoms with Crippen LogP contribution in [-0.4, -0.2) is 4.98 Å². The number of anilines is 3. The highest BCUT2D eigenvalue weighted by Gasteiger charge is 2.18. The van der Waals surface area contributed by atoms with Gasteiger partial charge in [-0.2, -0.15) is 0 Å². The molecule has 3 heterocycles. The number of fused-ring (bicyclic) bond motifs is 7. The molecule has 0 unspecified atom stereocenters. The standard InChI is InChI=1S/C49H30N2O2S/c1-3-10-31(11-4-1)34-14-9-15-37(26-34)51(38-23-25-41-40-16-7-8-17-47(40)54-48(41)28-38)36-21-18-32(19-22-36)35-20-24-39-42-29-46-43(30-45(42)52-44(39)27-35)50-49(53-46)33-12-5-2-6-13-33/h1-30H. The third kappa shape index (κ3) is 5.17. The summed E-state index contributed by atoms with van der Waals surface area (Å²) in [6, 6.07) is 64.1. The Morgan fingerprint density at radius 1 is 0.370 bits per heavy atom. The average molecular weight is 711 g/mol. The second-order valence-corrected chi connectivity index (χ2v) is 14.7. The molecular formula is C49H30N2O2S. The number of furan rings is 1. The molecule has 0 saturated carbocycles. The van der Waals surface area contributed by atoms with Gasteiger partial charge in [-0.15, -0.1) is 11.3 Å². The zero-order chi connectivity index (χ0) is 35.6. The average Bonchev–Trinajstić information content (AvgIpc) is 3.93. The van der Waals surface area contributed by atoms with Gasteiger partial charge in [0.25, 0.3) is 0 Å². The first-order valence-corrected chi connectivity index (χ1v) is 18.8. The summed E-state index contributed by atoms with van der Waals surface area (Å²) >= 11 is 1.84. The Morgan fingerprint density at radius 2 is 1.00 bits per heavy atom. The fourth-order valence-corrected chi connectivity index (χ4v) is 8.78. The molecule has 0 radical (unpaired) electrons. The van der Waals surface area contributed by atoms with Gasteiger partial charge in [0.1, 0.15) is 16.7 Å². The molecule has 0 fully saturated rings. The topological polar surface area (TPSA) is 42.4 Å². The zero-order valence-electron chi connectivity index (χ0n) is 28.9.